The van der Waals surface area contributed by atoms with Gasteiger partial charge >= 0.3 is 0 Å². The molecule has 4 aliphatic rings. The minimum Gasteiger partial charge on any atom is -0.460 e. The third-order valence-electron chi connectivity index (χ3n) is 5.89. The molecule has 4 atom stereocenters. The van der Waals surface area contributed by atoms with Crippen molar-refractivity contribution in [2.24, 2.45) is 34.2 Å². The van der Waals surface area contributed by atoms with Crippen LogP contribution in [-0.2, 0) is 9.59 Å². The Morgan fingerprint density at radius 1 is 1.18 bits per heavy atom. The molecule has 22 heavy (non-hydrogen) atoms. The summed E-state index contributed by atoms with van der Waals surface area (Å²) in [6, 6.07) is 3.60. The summed E-state index contributed by atoms with van der Waals surface area (Å²) in [4.78, 5) is 25.3. The van der Waals surface area contributed by atoms with Gasteiger partial charge in [-0.2, -0.15) is 10.1 Å². The van der Waals surface area contributed by atoms with Gasteiger partial charge in [0.1, 0.15) is 11.5 Å². The minimum absolute atomic E-state index is 0.141. The second-order valence-electron chi connectivity index (χ2n) is 6.90. The second kappa shape index (κ2) is 3.77. The molecule has 112 valence electrons. The lowest BCUT2D eigenvalue weighted by Gasteiger charge is -2.18. The molecule has 1 aliphatic heterocycles. The van der Waals surface area contributed by atoms with E-state index in [1.54, 1.807) is 6.07 Å². The van der Waals surface area contributed by atoms with Crippen LogP contribution in [-0.4, -0.2) is 23.0 Å². The highest BCUT2D eigenvalue weighted by molar-refractivity contribution is 6.07. The van der Waals surface area contributed by atoms with Crippen molar-refractivity contribution in [3.05, 3.63) is 35.8 Å². The average Bonchev–Trinajstić information content (AvgIpc) is 2.87. The standard InChI is InChI=1S/C17H16N2O3/c1-9-2-3-10(22-9)8-18-19-15(20)13-11-4-5-12(14(13)16(19)21)17(11)6-7-17/h2-5,8,11-14H,6-7H2,1H3/b18-8-/t11-,12+,13-,14-/m0/s1. The van der Waals surface area contributed by atoms with Crippen LogP contribution in [0.4, 0.5) is 0 Å². The van der Waals surface area contributed by atoms with Gasteiger partial charge in [0.2, 0.25) is 0 Å². The minimum atomic E-state index is -0.194. The highest BCUT2D eigenvalue weighted by Crippen LogP contribution is 2.73. The number of carbonyl (C=O) groups is 2. The predicted octanol–water partition coefficient (Wildman–Crippen LogP) is 2.12. The third kappa shape index (κ3) is 1.32. The number of furan rings is 1. The lowest BCUT2D eigenvalue weighted by molar-refractivity contribution is -0.141. The van der Waals surface area contributed by atoms with Crippen LogP contribution in [0.5, 0.6) is 0 Å². The van der Waals surface area contributed by atoms with Crippen LogP contribution in [0.3, 0.4) is 0 Å². The molecule has 2 heterocycles. The zero-order valence-electron chi connectivity index (χ0n) is 12.2. The number of amides is 2. The van der Waals surface area contributed by atoms with E-state index in [9.17, 15) is 9.59 Å². The van der Waals surface area contributed by atoms with Gasteiger partial charge in [-0.05, 0) is 49.1 Å². The predicted molar refractivity (Wildman–Crippen MR) is 77.7 cm³/mol. The summed E-state index contributed by atoms with van der Waals surface area (Å²) in [5.74, 6) is 1.14. The van der Waals surface area contributed by atoms with E-state index in [1.807, 2.05) is 13.0 Å². The van der Waals surface area contributed by atoms with E-state index < -0.39 is 0 Å². The first-order valence-electron chi connectivity index (χ1n) is 7.78. The molecule has 1 saturated heterocycles. The van der Waals surface area contributed by atoms with E-state index in [0.717, 1.165) is 23.6 Å². The van der Waals surface area contributed by atoms with E-state index in [-0.39, 0.29) is 40.9 Å². The summed E-state index contributed by atoms with van der Waals surface area (Å²) in [5, 5.41) is 5.17. The number of hydrazone groups is 1. The zero-order chi connectivity index (χ0) is 15.1. The van der Waals surface area contributed by atoms with Crippen LogP contribution < -0.4 is 0 Å². The molecular formula is C17H16N2O3. The molecule has 0 unspecified atom stereocenters. The van der Waals surface area contributed by atoms with Gasteiger partial charge < -0.3 is 4.42 Å². The van der Waals surface area contributed by atoms with Crippen LogP contribution in [0.15, 0.2) is 33.8 Å². The zero-order valence-corrected chi connectivity index (χ0v) is 12.2. The van der Waals surface area contributed by atoms with Crippen molar-refractivity contribution in [1.82, 2.24) is 5.01 Å². The SMILES string of the molecule is Cc1ccc(/C=N\N2C(=O)[C@@H]3[C@@H](C2=O)[C@@H]2C=C[C@H]3C23CC3)o1. The molecular weight excluding hydrogens is 280 g/mol. The van der Waals surface area contributed by atoms with Crippen LogP contribution >= 0.6 is 0 Å². The van der Waals surface area contributed by atoms with E-state index in [1.165, 1.54) is 6.21 Å². The summed E-state index contributed by atoms with van der Waals surface area (Å²) in [7, 11) is 0. The fraction of sp³-hybridized carbons (Fsp3) is 0.471. The quantitative estimate of drug-likeness (QED) is 0.477. The monoisotopic (exact) mass is 296 g/mol. The van der Waals surface area contributed by atoms with E-state index in [0.29, 0.717) is 5.76 Å². The Morgan fingerprint density at radius 2 is 1.82 bits per heavy atom. The first-order valence-corrected chi connectivity index (χ1v) is 7.78. The molecule has 2 saturated carbocycles. The fourth-order valence-electron chi connectivity index (χ4n) is 4.81. The van der Waals surface area contributed by atoms with Gasteiger partial charge in [0.05, 0.1) is 18.1 Å². The van der Waals surface area contributed by atoms with E-state index in [4.69, 9.17) is 4.42 Å². The van der Waals surface area contributed by atoms with Crippen LogP contribution in [0.1, 0.15) is 24.4 Å². The van der Waals surface area contributed by atoms with Crippen molar-refractivity contribution < 1.29 is 14.0 Å². The molecule has 5 heteroatoms. The lowest BCUT2D eigenvalue weighted by Crippen LogP contribution is -2.30. The largest absolute Gasteiger partial charge is 0.460 e. The first-order chi connectivity index (χ1) is 10.6. The molecule has 3 fully saturated rings. The number of carbonyl (C=O) groups excluding carboxylic acids is 2. The molecule has 5 rings (SSSR count). The number of nitrogens with zero attached hydrogens (tertiary/aromatic N) is 2. The smallest absolute Gasteiger partial charge is 0.254 e. The highest BCUT2D eigenvalue weighted by Gasteiger charge is 2.73. The summed E-state index contributed by atoms with van der Waals surface area (Å²) in [6.07, 6.45) is 8.07. The summed E-state index contributed by atoms with van der Waals surface area (Å²) in [5.41, 5.74) is 0.231. The summed E-state index contributed by atoms with van der Waals surface area (Å²) in [6.45, 7) is 1.84. The van der Waals surface area contributed by atoms with Gasteiger partial charge in [-0.15, -0.1) is 0 Å². The first kappa shape index (κ1) is 12.4. The number of rotatable bonds is 2. The Bertz CT molecular complexity index is 722. The highest BCUT2D eigenvalue weighted by atomic mass is 16.3. The Labute approximate surface area is 127 Å². The molecule has 2 bridgehead atoms. The summed E-state index contributed by atoms with van der Waals surface area (Å²) >= 11 is 0. The van der Waals surface area contributed by atoms with Crippen molar-refractivity contribution in [1.29, 1.82) is 0 Å². The molecule has 0 aromatic carbocycles. The van der Waals surface area contributed by atoms with E-state index >= 15 is 0 Å². The maximum atomic E-state index is 12.7. The Hall–Kier alpha value is -2.17. The maximum Gasteiger partial charge on any atom is 0.254 e. The lowest BCUT2D eigenvalue weighted by atomic mass is 9.85. The molecule has 3 aliphatic carbocycles. The van der Waals surface area contributed by atoms with Gasteiger partial charge in [-0.25, -0.2) is 0 Å². The Kier molecular flexibility index (Phi) is 2.12. The summed E-state index contributed by atoms with van der Waals surface area (Å²) < 4.78 is 5.39. The number of fused-ring (bicyclic) bond motifs is 3. The van der Waals surface area contributed by atoms with Gasteiger partial charge in [0, 0.05) is 0 Å². The number of imide groups is 1. The van der Waals surface area contributed by atoms with Crippen molar-refractivity contribution in [3.63, 3.8) is 0 Å². The fourth-order valence-corrected chi connectivity index (χ4v) is 4.81. The molecule has 1 spiro atoms. The van der Waals surface area contributed by atoms with Crippen molar-refractivity contribution in [3.8, 4) is 0 Å². The third-order valence-corrected chi connectivity index (χ3v) is 5.89. The number of allylic oxidation sites excluding steroid dienone is 2. The molecule has 0 N–H and O–H groups in total. The van der Waals surface area contributed by atoms with Gasteiger partial charge in [0.15, 0.2) is 0 Å². The van der Waals surface area contributed by atoms with Crippen LogP contribution in [0.2, 0.25) is 0 Å². The average molecular weight is 296 g/mol. The van der Waals surface area contributed by atoms with Gasteiger partial charge in [0.25, 0.3) is 11.8 Å². The van der Waals surface area contributed by atoms with Crippen LogP contribution in [0.25, 0.3) is 0 Å². The molecule has 1 aromatic heterocycles. The normalized spacial score (nSPS) is 37.0. The van der Waals surface area contributed by atoms with Crippen molar-refractivity contribution >= 4 is 18.0 Å². The van der Waals surface area contributed by atoms with Crippen molar-refractivity contribution in [2.45, 2.75) is 19.8 Å². The van der Waals surface area contributed by atoms with Crippen LogP contribution in [0, 0.1) is 36.0 Å². The number of hydrogen-bond acceptors (Lipinski definition) is 4. The van der Waals surface area contributed by atoms with Gasteiger partial charge in [-0.1, -0.05) is 12.2 Å². The Morgan fingerprint density at radius 3 is 2.32 bits per heavy atom. The molecule has 5 nitrogen and oxygen atoms in total. The second-order valence-corrected chi connectivity index (χ2v) is 6.90. The van der Waals surface area contributed by atoms with Gasteiger partial charge in [-0.3, -0.25) is 9.59 Å². The van der Waals surface area contributed by atoms with E-state index in [2.05, 4.69) is 17.3 Å². The van der Waals surface area contributed by atoms with Crippen molar-refractivity contribution in [2.75, 3.05) is 0 Å². The molecule has 1 aromatic rings. The number of hydrogen-bond donors (Lipinski definition) is 0. The Balaban J connectivity index is 1.45. The number of aryl methyl sites for hydroxylation is 1. The molecule has 0 radical (unpaired) electrons. The maximum absolute atomic E-state index is 12.7. The topological polar surface area (TPSA) is 62.9 Å². The molecule has 2 amide bonds.